The second-order valence-electron chi connectivity index (χ2n) is 5.66. The smallest absolute Gasteiger partial charge is 0.230 e. The van der Waals surface area contributed by atoms with Gasteiger partial charge in [0.25, 0.3) is 0 Å². The first kappa shape index (κ1) is 18.2. The summed E-state index contributed by atoms with van der Waals surface area (Å²) >= 11 is 1.31. The van der Waals surface area contributed by atoms with Crippen LogP contribution in [0.2, 0.25) is 0 Å². The number of carbonyl (C=O) groups excluding carboxylic acids is 1. The van der Waals surface area contributed by atoms with Crippen molar-refractivity contribution >= 4 is 17.7 Å². The zero-order valence-electron chi connectivity index (χ0n) is 14.5. The molecule has 0 aliphatic carbocycles. The van der Waals surface area contributed by atoms with Crippen molar-refractivity contribution in [3.63, 3.8) is 0 Å². The molecular formula is C18H19FN4O2S. The van der Waals surface area contributed by atoms with Crippen LogP contribution < -0.4 is 5.32 Å². The Morgan fingerprint density at radius 2 is 2.08 bits per heavy atom. The predicted molar refractivity (Wildman–Crippen MR) is 97.1 cm³/mol. The number of hydrogen-bond acceptors (Lipinski definition) is 5. The van der Waals surface area contributed by atoms with Crippen molar-refractivity contribution in [2.45, 2.75) is 31.6 Å². The maximum atomic E-state index is 13.0. The lowest BCUT2D eigenvalue weighted by atomic mass is 10.1. The number of carbonyl (C=O) groups is 1. The SMILES string of the molecule is CCn1c(SCC(=O)N[C@@H](C)c2ccc(F)cc2)nnc1-c1ccco1. The maximum absolute atomic E-state index is 13.0. The third kappa shape index (κ3) is 4.13. The summed E-state index contributed by atoms with van der Waals surface area (Å²) in [6.07, 6.45) is 1.58. The van der Waals surface area contributed by atoms with Gasteiger partial charge in [-0.1, -0.05) is 23.9 Å². The van der Waals surface area contributed by atoms with E-state index in [9.17, 15) is 9.18 Å². The van der Waals surface area contributed by atoms with Gasteiger partial charge in [0.2, 0.25) is 5.91 Å². The van der Waals surface area contributed by atoms with Crippen LogP contribution in [0.4, 0.5) is 4.39 Å². The molecule has 0 saturated heterocycles. The summed E-state index contributed by atoms with van der Waals surface area (Å²) in [5.41, 5.74) is 0.849. The Kier molecular flexibility index (Phi) is 5.72. The van der Waals surface area contributed by atoms with Crippen molar-refractivity contribution in [1.82, 2.24) is 20.1 Å². The molecule has 2 aromatic heterocycles. The first-order valence-electron chi connectivity index (χ1n) is 8.23. The molecule has 0 unspecified atom stereocenters. The highest BCUT2D eigenvalue weighted by Gasteiger charge is 2.17. The molecule has 0 aliphatic heterocycles. The minimum absolute atomic E-state index is 0.128. The highest BCUT2D eigenvalue weighted by Crippen LogP contribution is 2.24. The monoisotopic (exact) mass is 374 g/mol. The summed E-state index contributed by atoms with van der Waals surface area (Å²) in [7, 11) is 0. The Bertz CT molecular complexity index is 862. The number of halogens is 1. The maximum Gasteiger partial charge on any atom is 0.230 e. The summed E-state index contributed by atoms with van der Waals surface area (Å²) in [6, 6.07) is 9.50. The van der Waals surface area contributed by atoms with E-state index in [0.717, 1.165) is 5.56 Å². The standard InChI is InChI=1S/C18H19FN4O2S/c1-3-23-17(15-5-4-10-25-15)21-22-18(23)26-11-16(24)20-12(2)13-6-8-14(19)9-7-13/h4-10,12H,3,11H2,1-2H3,(H,20,24)/t12-/m0/s1. The number of rotatable bonds is 7. The van der Waals surface area contributed by atoms with Gasteiger partial charge < -0.3 is 9.73 Å². The number of amides is 1. The van der Waals surface area contributed by atoms with Gasteiger partial charge in [0.15, 0.2) is 16.7 Å². The van der Waals surface area contributed by atoms with Gasteiger partial charge in [0, 0.05) is 6.54 Å². The minimum Gasteiger partial charge on any atom is -0.461 e. The molecule has 0 saturated carbocycles. The molecule has 0 radical (unpaired) electrons. The average molecular weight is 374 g/mol. The number of benzene rings is 1. The quantitative estimate of drug-likeness (QED) is 0.639. The first-order valence-corrected chi connectivity index (χ1v) is 9.21. The molecule has 3 rings (SSSR count). The summed E-state index contributed by atoms with van der Waals surface area (Å²) in [5, 5.41) is 11.9. The van der Waals surface area contributed by atoms with E-state index < -0.39 is 0 Å². The van der Waals surface area contributed by atoms with Gasteiger partial charge in [-0.2, -0.15) is 0 Å². The molecule has 0 spiro atoms. The molecule has 1 amide bonds. The molecule has 2 heterocycles. The van der Waals surface area contributed by atoms with Crippen molar-refractivity contribution in [2.75, 3.05) is 5.75 Å². The van der Waals surface area contributed by atoms with Gasteiger partial charge in [0.05, 0.1) is 18.1 Å². The number of nitrogens with one attached hydrogen (secondary N) is 1. The molecule has 26 heavy (non-hydrogen) atoms. The summed E-state index contributed by atoms with van der Waals surface area (Å²) in [6.45, 7) is 4.51. The normalized spacial score (nSPS) is 12.1. The van der Waals surface area contributed by atoms with Crippen LogP contribution in [0.15, 0.2) is 52.2 Å². The van der Waals surface area contributed by atoms with Gasteiger partial charge in [-0.3, -0.25) is 9.36 Å². The topological polar surface area (TPSA) is 73.0 Å². The van der Waals surface area contributed by atoms with Crippen LogP contribution in [0.3, 0.4) is 0 Å². The molecule has 6 nitrogen and oxygen atoms in total. The minimum atomic E-state index is -0.297. The van der Waals surface area contributed by atoms with Crippen LogP contribution >= 0.6 is 11.8 Å². The van der Waals surface area contributed by atoms with Crippen molar-refractivity contribution in [3.05, 3.63) is 54.0 Å². The fourth-order valence-corrected chi connectivity index (χ4v) is 3.33. The Labute approximate surface area is 154 Å². The van der Waals surface area contributed by atoms with Crippen LogP contribution in [0.1, 0.15) is 25.5 Å². The number of aromatic nitrogens is 3. The second-order valence-corrected chi connectivity index (χ2v) is 6.60. The second kappa shape index (κ2) is 8.18. The van der Waals surface area contributed by atoms with Gasteiger partial charge in [-0.25, -0.2) is 4.39 Å². The highest BCUT2D eigenvalue weighted by molar-refractivity contribution is 7.99. The van der Waals surface area contributed by atoms with E-state index in [4.69, 9.17) is 4.42 Å². The zero-order chi connectivity index (χ0) is 18.5. The highest BCUT2D eigenvalue weighted by atomic mass is 32.2. The molecule has 0 fully saturated rings. The molecule has 0 aliphatic rings. The molecule has 3 aromatic rings. The number of thioether (sulfide) groups is 1. The summed E-state index contributed by atoms with van der Waals surface area (Å²) < 4.78 is 20.3. The van der Waals surface area contributed by atoms with E-state index in [-0.39, 0.29) is 23.5 Å². The van der Waals surface area contributed by atoms with Crippen molar-refractivity contribution in [1.29, 1.82) is 0 Å². The molecule has 8 heteroatoms. The Balaban J connectivity index is 1.60. The summed E-state index contributed by atoms with van der Waals surface area (Å²) in [4.78, 5) is 12.2. The molecule has 136 valence electrons. The van der Waals surface area contributed by atoms with Crippen molar-refractivity contribution in [3.8, 4) is 11.6 Å². The average Bonchev–Trinajstić information content (AvgIpc) is 3.29. The lowest BCUT2D eigenvalue weighted by Crippen LogP contribution is -2.28. The fraction of sp³-hybridized carbons (Fsp3) is 0.278. The van der Waals surface area contributed by atoms with Crippen LogP contribution in [-0.4, -0.2) is 26.4 Å². The zero-order valence-corrected chi connectivity index (χ0v) is 15.3. The van der Waals surface area contributed by atoms with Crippen LogP contribution in [0.5, 0.6) is 0 Å². The number of hydrogen-bond donors (Lipinski definition) is 1. The van der Waals surface area contributed by atoms with E-state index >= 15 is 0 Å². The lowest BCUT2D eigenvalue weighted by molar-refractivity contribution is -0.119. The fourth-order valence-electron chi connectivity index (χ4n) is 2.52. The Morgan fingerprint density at radius 3 is 2.73 bits per heavy atom. The van der Waals surface area contributed by atoms with E-state index in [2.05, 4.69) is 15.5 Å². The van der Waals surface area contributed by atoms with Crippen molar-refractivity contribution < 1.29 is 13.6 Å². The van der Waals surface area contributed by atoms with Gasteiger partial charge in [0.1, 0.15) is 5.82 Å². The third-order valence-corrected chi connectivity index (χ3v) is 4.82. The van der Waals surface area contributed by atoms with E-state index in [1.807, 2.05) is 24.5 Å². The van der Waals surface area contributed by atoms with Crippen molar-refractivity contribution in [2.24, 2.45) is 0 Å². The first-order chi connectivity index (χ1) is 12.6. The number of nitrogens with zero attached hydrogens (tertiary/aromatic N) is 3. The third-order valence-electron chi connectivity index (χ3n) is 3.85. The van der Waals surface area contributed by atoms with E-state index in [1.165, 1.54) is 23.9 Å². The predicted octanol–water partition coefficient (Wildman–Crippen LogP) is 3.67. The Hall–Kier alpha value is -2.61. The van der Waals surface area contributed by atoms with Crippen LogP contribution in [0.25, 0.3) is 11.6 Å². The van der Waals surface area contributed by atoms with Crippen LogP contribution in [-0.2, 0) is 11.3 Å². The molecular weight excluding hydrogens is 355 g/mol. The largest absolute Gasteiger partial charge is 0.461 e. The molecule has 1 N–H and O–H groups in total. The van der Waals surface area contributed by atoms with Gasteiger partial charge in [-0.05, 0) is 43.7 Å². The lowest BCUT2D eigenvalue weighted by Gasteiger charge is -2.14. The van der Waals surface area contributed by atoms with E-state index in [1.54, 1.807) is 24.5 Å². The molecule has 1 aromatic carbocycles. The van der Waals surface area contributed by atoms with Crippen LogP contribution in [0, 0.1) is 5.82 Å². The molecule has 0 bridgehead atoms. The number of furan rings is 1. The molecule has 1 atom stereocenters. The summed E-state index contributed by atoms with van der Waals surface area (Å²) in [5.74, 6) is 1.06. The Morgan fingerprint density at radius 1 is 1.31 bits per heavy atom. The van der Waals surface area contributed by atoms with Gasteiger partial charge >= 0.3 is 0 Å². The van der Waals surface area contributed by atoms with Gasteiger partial charge in [-0.15, -0.1) is 10.2 Å². The van der Waals surface area contributed by atoms with E-state index in [0.29, 0.717) is 23.3 Å².